The molecule has 0 unspecified atom stereocenters. The van der Waals surface area contributed by atoms with Crippen LogP contribution in [0.1, 0.15) is 42.6 Å². The molecule has 0 fully saturated rings. The van der Waals surface area contributed by atoms with Crippen molar-refractivity contribution in [3.05, 3.63) is 44.3 Å². The molecule has 0 aliphatic rings. The molecule has 0 atom stereocenters. The molecule has 10 heteroatoms. The number of ether oxygens (including phenoxy) is 1. The summed E-state index contributed by atoms with van der Waals surface area (Å²) in [5, 5.41) is 3.84. The fourth-order valence-electron chi connectivity index (χ4n) is 2.29. The predicted octanol–water partition coefficient (Wildman–Crippen LogP) is 5.56. The van der Waals surface area contributed by atoms with Gasteiger partial charge in [-0.1, -0.05) is 67.3 Å². The highest BCUT2D eigenvalue weighted by Gasteiger charge is 2.25. The van der Waals surface area contributed by atoms with Gasteiger partial charge in [-0.25, -0.2) is 14.8 Å². The van der Waals surface area contributed by atoms with Crippen LogP contribution >= 0.6 is 46.6 Å². The summed E-state index contributed by atoms with van der Waals surface area (Å²) in [5.41, 5.74) is 0.663. The summed E-state index contributed by atoms with van der Waals surface area (Å²) >= 11 is 19.2. The number of hydrogen-bond acceptors (Lipinski definition) is 6. The first-order chi connectivity index (χ1) is 13.4. The van der Waals surface area contributed by atoms with Gasteiger partial charge < -0.3 is 10.1 Å². The summed E-state index contributed by atoms with van der Waals surface area (Å²) in [5.74, 6) is -0.395. The normalized spacial score (nSPS) is 11.3. The van der Waals surface area contributed by atoms with E-state index in [1.165, 1.54) is 19.2 Å². The van der Waals surface area contributed by atoms with E-state index in [2.05, 4.69) is 15.3 Å². The first-order valence-electron chi connectivity index (χ1n) is 8.48. The minimum atomic E-state index is -0.561. The van der Waals surface area contributed by atoms with Crippen LogP contribution in [-0.2, 0) is 14.9 Å². The maximum atomic E-state index is 12.5. The van der Waals surface area contributed by atoms with Crippen molar-refractivity contribution in [3.8, 4) is 0 Å². The van der Waals surface area contributed by atoms with Gasteiger partial charge in [-0.3, -0.25) is 4.79 Å². The van der Waals surface area contributed by atoms with Gasteiger partial charge in [-0.15, -0.1) is 0 Å². The van der Waals surface area contributed by atoms with Crippen LogP contribution in [0.5, 0.6) is 0 Å². The fourth-order valence-corrected chi connectivity index (χ4v) is 4.07. The highest BCUT2D eigenvalue weighted by molar-refractivity contribution is 8.00. The number of carbonyl (C=O) groups excluding carboxylic acids is 2. The number of nitrogens with one attached hydrogen (secondary N) is 1. The molecule has 0 saturated heterocycles. The lowest BCUT2D eigenvalue weighted by Crippen LogP contribution is -2.21. The number of rotatable bonds is 5. The standard InChI is InChI=1S/C19H20Cl3N3O3S/c1-9-14(17(27)28-5)16(25-18(23-9)19(2,3)4)29-8-13(26)24-15-11(21)6-10(20)7-12(15)22/h6-7H,8H2,1-5H3,(H,24,26). The van der Waals surface area contributed by atoms with Crippen LogP contribution in [0.2, 0.25) is 15.1 Å². The van der Waals surface area contributed by atoms with Gasteiger partial charge in [-0.2, -0.15) is 0 Å². The van der Waals surface area contributed by atoms with Crippen LogP contribution in [0, 0.1) is 6.92 Å². The van der Waals surface area contributed by atoms with Crippen LogP contribution in [0.25, 0.3) is 0 Å². The van der Waals surface area contributed by atoms with Crippen LogP contribution in [0.3, 0.4) is 0 Å². The van der Waals surface area contributed by atoms with Crippen molar-refractivity contribution in [1.82, 2.24) is 9.97 Å². The second kappa shape index (κ2) is 9.51. The number of aromatic nitrogens is 2. The summed E-state index contributed by atoms with van der Waals surface area (Å²) in [6.07, 6.45) is 0. The molecule has 0 bridgehead atoms. The first-order valence-corrected chi connectivity index (χ1v) is 10.6. The lowest BCUT2D eigenvalue weighted by Gasteiger charge is -2.19. The van der Waals surface area contributed by atoms with E-state index in [9.17, 15) is 9.59 Å². The molecule has 2 aromatic rings. The van der Waals surface area contributed by atoms with E-state index in [4.69, 9.17) is 39.5 Å². The summed E-state index contributed by atoms with van der Waals surface area (Å²) in [7, 11) is 1.28. The Bertz CT molecular complexity index is 939. The van der Waals surface area contributed by atoms with Gasteiger partial charge in [0.1, 0.15) is 16.4 Å². The third-order valence-corrected chi connectivity index (χ3v) is 5.52. The smallest absolute Gasteiger partial charge is 0.342 e. The van der Waals surface area contributed by atoms with E-state index in [1.54, 1.807) is 6.92 Å². The number of methoxy groups -OCH3 is 1. The molecule has 0 radical (unpaired) electrons. The zero-order valence-electron chi connectivity index (χ0n) is 16.5. The minimum absolute atomic E-state index is 0.0285. The average Bonchev–Trinajstić information content (AvgIpc) is 2.61. The van der Waals surface area contributed by atoms with E-state index in [1.807, 2.05) is 20.8 Å². The van der Waals surface area contributed by atoms with Crippen LogP contribution in [0.15, 0.2) is 17.2 Å². The quantitative estimate of drug-likeness (QED) is 0.346. The molecule has 1 aromatic heterocycles. The number of aryl methyl sites for hydroxylation is 1. The third kappa shape index (κ3) is 5.98. The molecular formula is C19H20Cl3N3O3S. The average molecular weight is 477 g/mol. The maximum Gasteiger partial charge on any atom is 0.342 e. The van der Waals surface area contributed by atoms with E-state index >= 15 is 0 Å². The molecule has 0 aliphatic heterocycles. The fraction of sp³-hybridized carbons (Fsp3) is 0.368. The molecule has 2 rings (SSSR count). The number of halogens is 3. The summed E-state index contributed by atoms with van der Waals surface area (Å²) < 4.78 is 4.85. The van der Waals surface area contributed by atoms with Gasteiger partial charge in [0, 0.05) is 10.4 Å². The molecule has 6 nitrogen and oxygen atoms in total. The summed E-state index contributed by atoms with van der Waals surface area (Å²) in [6, 6.07) is 2.97. The van der Waals surface area contributed by atoms with Gasteiger partial charge in [-0.05, 0) is 19.1 Å². The first kappa shape index (κ1) is 23.7. The zero-order valence-corrected chi connectivity index (χ0v) is 19.6. The van der Waals surface area contributed by atoms with Crippen molar-refractivity contribution in [2.24, 2.45) is 0 Å². The number of esters is 1. The van der Waals surface area contributed by atoms with Crippen molar-refractivity contribution in [2.45, 2.75) is 38.1 Å². The lowest BCUT2D eigenvalue weighted by molar-refractivity contribution is -0.113. The maximum absolute atomic E-state index is 12.5. The Kier molecular flexibility index (Phi) is 7.79. The van der Waals surface area contributed by atoms with E-state index in [-0.39, 0.29) is 38.4 Å². The Morgan fingerprint density at radius 1 is 1.14 bits per heavy atom. The lowest BCUT2D eigenvalue weighted by atomic mass is 9.95. The number of nitrogens with zero attached hydrogens (tertiary/aromatic N) is 2. The van der Waals surface area contributed by atoms with Crippen LogP contribution in [-0.4, -0.2) is 34.7 Å². The van der Waals surface area contributed by atoms with Crippen molar-refractivity contribution in [1.29, 1.82) is 0 Å². The minimum Gasteiger partial charge on any atom is -0.465 e. The Labute approximate surface area is 188 Å². The summed E-state index contributed by atoms with van der Waals surface area (Å²) in [4.78, 5) is 33.6. The number of hydrogen-bond donors (Lipinski definition) is 1. The molecule has 0 spiro atoms. The van der Waals surface area contributed by atoms with Gasteiger partial charge >= 0.3 is 5.97 Å². The van der Waals surface area contributed by atoms with Gasteiger partial charge in [0.2, 0.25) is 5.91 Å². The predicted molar refractivity (Wildman–Crippen MR) is 118 cm³/mol. The van der Waals surface area contributed by atoms with E-state index in [0.717, 1.165) is 11.8 Å². The van der Waals surface area contributed by atoms with Gasteiger partial charge in [0.05, 0.1) is 34.3 Å². The second-order valence-corrected chi connectivity index (χ2v) is 9.35. The Morgan fingerprint density at radius 2 is 1.72 bits per heavy atom. The topological polar surface area (TPSA) is 81.2 Å². The molecule has 156 valence electrons. The number of amides is 1. The number of carbonyl (C=O) groups is 2. The Hall–Kier alpha value is -1.54. The van der Waals surface area contributed by atoms with Gasteiger partial charge in [0.15, 0.2) is 0 Å². The van der Waals surface area contributed by atoms with Crippen molar-refractivity contribution < 1.29 is 14.3 Å². The van der Waals surface area contributed by atoms with Gasteiger partial charge in [0.25, 0.3) is 0 Å². The third-order valence-electron chi connectivity index (χ3n) is 3.73. The van der Waals surface area contributed by atoms with E-state index < -0.39 is 5.97 Å². The number of anilines is 1. The second-order valence-electron chi connectivity index (χ2n) is 7.14. The number of benzene rings is 1. The zero-order chi connectivity index (χ0) is 21.9. The largest absolute Gasteiger partial charge is 0.465 e. The van der Waals surface area contributed by atoms with Crippen LogP contribution < -0.4 is 5.32 Å². The highest BCUT2D eigenvalue weighted by atomic mass is 35.5. The molecular weight excluding hydrogens is 457 g/mol. The molecule has 1 heterocycles. The Morgan fingerprint density at radius 3 is 2.24 bits per heavy atom. The van der Waals surface area contributed by atoms with E-state index in [0.29, 0.717) is 21.6 Å². The molecule has 1 aromatic carbocycles. The summed E-state index contributed by atoms with van der Waals surface area (Å²) in [6.45, 7) is 7.60. The van der Waals surface area contributed by atoms with Crippen molar-refractivity contribution in [3.63, 3.8) is 0 Å². The molecule has 1 N–H and O–H groups in total. The highest BCUT2D eigenvalue weighted by Crippen LogP contribution is 2.34. The monoisotopic (exact) mass is 475 g/mol. The Balaban J connectivity index is 2.28. The molecule has 29 heavy (non-hydrogen) atoms. The van der Waals surface area contributed by atoms with Crippen molar-refractivity contribution in [2.75, 3.05) is 18.2 Å². The SMILES string of the molecule is COC(=O)c1c(C)nc(C(C)(C)C)nc1SCC(=O)Nc1c(Cl)cc(Cl)cc1Cl. The molecule has 1 amide bonds. The van der Waals surface area contributed by atoms with Crippen LogP contribution in [0.4, 0.5) is 5.69 Å². The molecule has 0 aliphatic carbocycles. The number of thioether (sulfide) groups is 1. The molecule has 0 saturated carbocycles. The van der Waals surface area contributed by atoms with Crippen molar-refractivity contribution >= 4 is 64.1 Å².